The molecule has 0 bridgehead atoms. The maximum absolute atomic E-state index is 6.56. The maximum atomic E-state index is 6.56. The van der Waals surface area contributed by atoms with Crippen LogP contribution in [0.5, 0.6) is 0 Å². The number of nitrogens with zero attached hydrogens (tertiary/aromatic N) is 4. The van der Waals surface area contributed by atoms with Gasteiger partial charge in [-0.2, -0.15) is 9.97 Å². The predicted octanol–water partition coefficient (Wildman–Crippen LogP) is 12.2. The molecule has 0 unspecified atom stereocenters. The highest BCUT2D eigenvalue weighted by molar-refractivity contribution is 6.13. The molecule has 5 nitrogen and oxygen atoms in total. The molecule has 0 spiro atoms. The lowest BCUT2D eigenvalue weighted by molar-refractivity contribution is 0.660. The lowest BCUT2D eigenvalue weighted by Crippen LogP contribution is -2.14. The highest BCUT2D eigenvalue weighted by Crippen LogP contribution is 2.51. The van der Waals surface area contributed by atoms with Crippen molar-refractivity contribution in [1.29, 1.82) is 0 Å². The second-order valence-electron chi connectivity index (χ2n) is 14.4. The number of aromatic nitrogens is 4. The van der Waals surface area contributed by atoms with E-state index in [1.54, 1.807) is 0 Å². The normalized spacial score (nSPS) is 13.2. The molecule has 0 fully saturated rings. The Balaban J connectivity index is 1.18. The van der Waals surface area contributed by atoms with E-state index in [2.05, 4.69) is 164 Å². The van der Waals surface area contributed by atoms with Crippen LogP contribution < -0.4 is 0 Å². The van der Waals surface area contributed by atoms with Gasteiger partial charge in [0, 0.05) is 38.1 Å². The second kappa shape index (κ2) is 11.1. The van der Waals surface area contributed by atoms with Gasteiger partial charge in [-0.25, -0.2) is 4.98 Å². The van der Waals surface area contributed by atoms with E-state index in [0.717, 1.165) is 66.0 Å². The molecule has 0 amide bonds. The molecule has 3 aromatic heterocycles. The monoisotopic (exact) mass is 680 g/mol. The SMILES string of the molecule is CC1(C)c2ccccc2-c2c(-c3nc(-c4ccc5c(c4)oc4cccc(-c6ccccc6)c45)nc(-n4c5ccccc5c5ccccc54)n3)cccc21. The molecular formula is C48H32N4O. The molecule has 0 saturated carbocycles. The van der Waals surface area contributed by atoms with Gasteiger partial charge in [-0.15, -0.1) is 0 Å². The largest absolute Gasteiger partial charge is 0.456 e. The highest BCUT2D eigenvalue weighted by atomic mass is 16.3. The predicted molar refractivity (Wildman–Crippen MR) is 215 cm³/mol. The zero-order chi connectivity index (χ0) is 35.3. The second-order valence-corrected chi connectivity index (χ2v) is 14.4. The third kappa shape index (κ3) is 4.34. The van der Waals surface area contributed by atoms with E-state index in [1.807, 2.05) is 12.1 Å². The molecule has 1 aliphatic rings. The third-order valence-electron chi connectivity index (χ3n) is 11.1. The van der Waals surface area contributed by atoms with Crippen molar-refractivity contribution in [2.24, 2.45) is 0 Å². The number of para-hydroxylation sites is 2. The summed E-state index contributed by atoms with van der Waals surface area (Å²) < 4.78 is 8.73. The summed E-state index contributed by atoms with van der Waals surface area (Å²) in [5.74, 6) is 1.79. The number of hydrogen-bond donors (Lipinski definition) is 0. The lowest BCUT2D eigenvalue weighted by atomic mass is 9.82. The fraction of sp³-hybridized carbons (Fsp3) is 0.0625. The third-order valence-corrected chi connectivity index (χ3v) is 11.1. The Labute approximate surface area is 305 Å². The molecule has 250 valence electrons. The quantitative estimate of drug-likeness (QED) is 0.186. The van der Waals surface area contributed by atoms with Crippen LogP contribution in [0, 0.1) is 0 Å². The van der Waals surface area contributed by atoms with Gasteiger partial charge in [0.05, 0.1) is 11.0 Å². The first-order valence-electron chi connectivity index (χ1n) is 18.0. The van der Waals surface area contributed by atoms with Crippen LogP contribution in [0.1, 0.15) is 25.0 Å². The summed E-state index contributed by atoms with van der Waals surface area (Å²) in [5, 5.41) is 4.46. The summed E-state index contributed by atoms with van der Waals surface area (Å²) in [6.07, 6.45) is 0. The molecule has 11 rings (SSSR count). The first kappa shape index (κ1) is 29.8. The zero-order valence-electron chi connectivity index (χ0n) is 29.2. The van der Waals surface area contributed by atoms with Gasteiger partial charge < -0.3 is 4.42 Å². The van der Waals surface area contributed by atoms with Crippen LogP contribution in [0.3, 0.4) is 0 Å². The molecule has 10 aromatic rings. The summed E-state index contributed by atoms with van der Waals surface area (Å²) in [7, 11) is 0. The average molecular weight is 681 g/mol. The summed E-state index contributed by atoms with van der Waals surface area (Å²) in [4.78, 5) is 15.9. The Morgan fingerprint density at radius 1 is 0.472 bits per heavy atom. The maximum Gasteiger partial charge on any atom is 0.238 e. The van der Waals surface area contributed by atoms with Crippen LogP contribution in [-0.4, -0.2) is 19.5 Å². The van der Waals surface area contributed by atoms with Crippen LogP contribution >= 0.6 is 0 Å². The fourth-order valence-corrected chi connectivity index (χ4v) is 8.62. The number of furan rings is 1. The smallest absolute Gasteiger partial charge is 0.238 e. The summed E-state index contributed by atoms with van der Waals surface area (Å²) in [5.41, 5.74) is 12.7. The van der Waals surface area contributed by atoms with Gasteiger partial charge in [-0.1, -0.05) is 141 Å². The van der Waals surface area contributed by atoms with Crippen molar-refractivity contribution in [3.8, 4) is 51.0 Å². The zero-order valence-corrected chi connectivity index (χ0v) is 29.2. The Bertz CT molecular complexity index is 3040. The Hall–Kier alpha value is -6.85. The van der Waals surface area contributed by atoms with Gasteiger partial charge in [-0.3, -0.25) is 4.57 Å². The van der Waals surface area contributed by atoms with Crippen molar-refractivity contribution in [3.05, 3.63) is 169 Å². The molecule has 7 aromatic carbocycles. The van der Waals surface area contributed by atoms with Gasteiger partial charge in [-0.05, 0) is 63.7 Å². The van der Waals surface area contributed by atoms with Crippen molar-refractivity contribution in [1.82, 2.24) is 19.5 Å². The number of benzene rings is 7. The summed E-state index contributed by atoms with van der Waals surface area (Å²) in [6, 6.07) is 55.2. The van der Waals surface area contributed by atoms with E-state index < -0.39 is 0 Å². The number of fused-ring (bicyclic) bond motifs is 9. The first-order valence-corrected chi connectivity index (χ1v) is 18.0. The van der Waals surface area contributed by atoms with Crippen LogP contribution in [0.15, 0.2) is 162 Å². The number of rotatable bonds is 4. The van der Waals surface area contributed by atoms with Crippen molar-refractivity contribution >= 4 is 43.7 Å². The molecule has 0 saturated heterocycles. The van der Waals surface area contributed by atoms with E-state index in [0.29, 0.717) is 17.6 Å². The molecule has 0 N–H and O–H groups in total. The van der Waals surface area contributed by atoms with Gasteiger partial charge >= 0.3 is 0 Å². The van der Waals surface area contributed by atoms with E-state index >= 15 is 0 Å². The van der Waals surface area contributed by atoms with Crippen LogP contribution in [-0.2, 0) is 5.41 Å². The molecule has 53 heavy (non-hydrogen) atoms. The van der Waals surface area contributed by atoms with Gasteiger partial charge in [0.2, 0.25) is 5.95 Å². The van der Waals surface area contributed by atoms with Crippen LogP contribution in [0.2, 0.25) is 0 Å². The first-order chi connectivity index (χ1) is 26.0. The van der Waals surface area contributed by atoms with E-state index in [9.17, 15) is 0 Å². The molecule has 5 heteroatoms. The minimum Gasteiger partial charge on any atom is -0.456 e. The van der Waals surface area contributed by atoms with Crippen molar-refractivity contribution in [2.45, 2.75) is 19.3 Å². The number of hydrogen-bond acceptors (Lipinski definition) is 4. The Morgan fingerprint density at radius 2 is 1.11 bits per heavy atom. The minimum absolute atomic E-state index is 0.154. The fourth-order valence-electron chi connectivity index (χ4n) is 8.62. The van der Waals surface area contributed by atoms with Gasteiger partial charge in [0.1, 0.15) is 11.2 Å². The molecule has 3 heterocycles. The highest BCUT2D eigenvalue weighted by Gasteiger charge is 2.37. The average Bonchev–Trinajstić information content (AvgIpc) is 3.83. The molecule has 0 atom stereocenters. The lowest BCUT2D eigenvalue weighted by Gasteiger charge is -2.21. The Morgan fingerprint density at radius 3 is 1.92 bits per heavy atom. The van der Waals surface area contributed by atoms with Crippen molar-refractivity contribution in [2.75, 3.05) is 0 Å². The van der Waals surface area contributed by atoms with E-state index in [4.69, 9.17) is 19.4 Å². The van der Waals surface area contributed by atoms with Gasteiger partial charge in [0.25, 0.3) is 0 Å². The molecule has 1 aliphatic carbocycles. The topological polar surface area (TPSA) is 56.7 Å². The van der Waals surface area contributed by atoms with Gasteiger partial charge in [0.15, 0.2) is 11.6 Å². The minimum atomic E-state index is -0.154. The summed E-state index contributed by atoms with van der Waals surface area (Å²) >= 11 is 0. The van der Waals surface area contributed by atoms with Crippen molar-refractivity contribution < 1.29 is 4.42 Å². The van der Waals surface area contributed by atoms with E-state index in [-0.39, 0.29) is 5.41 Å². The van der Waals surface area contributed by atoms with Crippen LogP contribution in [0.4, 0.5) is 0 Å². The van der Waals surface area contributed by atoms with E-state index in [1.165, 1.54) is 22.3 Å². The van der Waals surface area contributed by atoms with Crippen molar-refractivity contribution in [3.63, 3.8) is 0 Å². The standard InChI is InChI=1S/C48H32N4O/c1-48(2)37-21-9-6-18-34(37)43-36(20-12-22-38(43)48)46-49-45(50-47(51-46)52-39-23-10-7-16-32(39)33-17-8-11-24-40(33)52)30-26-27-35-42(28-30)53-41-25-13-19-31(44(35)41)29-14-4-3-5-15-29/h3-28H,1-2H3. The summed E-state index contributed by atoms with van der Waals surface area (Å²) in [6.45, 7) is 4.60. The van der Waals surface area contributed by atoms with Crippen LogP contribution in [0.25, 0.3) is 94.7 Å². The Kier molecular flexibility index (Phi) is 6.23. The molecule has 0 aliphatic heterocycles. The molecular weight excluding hydrogens is 649 g/mol. The molecule has 0 radical (unpaired) electrons.